The number of halogens is 1. The van der Waals surface area contributed by atoms with Gasteiger partial charge in [-0.05, 0) is 50.3 Å². The molecule has 4 aromatic rings. The second kappa shape index (κ2) is 5.69. The lowest BCUT2D eigenvalue weighted by Gasteiger charge is -1.99. The molecule has 0 aliphatic rings. The van der Waals surface area contributed by atoms with Crippen LogP contribution in [-0.2, 0) is 0 Å². The molecule has 0 fully saturated rings. The number of fused-ring (bicyclic) bond motifs is 2. The molecule has 5 nitrogen and oxygen atoms in total. The quantitative estimate of drug-likeness (QED) is 0.553. The summed E-state index contributed by atoms with van der Waals surface area (Å²) < 4.78 is 1.80. The Balaban J connectivity index is 1.71. The third kappa shape index (κ3) is 2.63. The minimum Gasteiger partial charge on any atom is -0.256 e. The Morgan fingerprint density at radius 2 is 1.92 bits per heavy atom. The standard InChI is InChI=1S/C18H14ClN5/c1-11-10-20-12(2)18-22-17(23-24(11)18)8-6-15-5-3-13-9-14(19)4-7-16(13)21-15/h3-10H,1-2H3/b8-6+. The first kappa shape index (κ1) is 14.8. The van der Waals surface area contributed by atoms with Crippen molar-refractivity contribution in [2.45, 2.75) is 13.8 Å². The molecular formula is C18H14ClN5. The van der Waals surface area contributed by atoms with Crippen molar-refractivity contribution in [3.05, 3.63) is 64.5 Å². The molecule has 0 aliphatic heterocycles. The number of aryl methyl sites for hydroxylation is 2. The Hall–Kier alpha value is -2.79. The molecule has 0 saturated carbocycles. The second-order valence-corrected chi connectivity index (χ2v) is 6.03. The summed E-state index contributed by atoms with van der Waals surface area (Å²) in [6, 6.07) is 9.61. The summed E-state index contributed by atoms with van der Waals surface area (Å²) in [5.41, 5.74) is 4.32. The van der Waals surface area contributed by atoms with Crippen molar-refractivity contribution in [2.24, 2.45) is 0 Å². The van der Waals surface area contributed by atoms with Crippen molar-refractivity contribution in [1.82, 2.24) is 24.6 Å². The predicted molar refractivity (Wildman–Crippen MR) is 95.9 cm³/mol. The van der Waals surface area contributed by atoms with Gasteiger partial charge in [0.15, 0.2) is 11.5 Å². The zero-order valence-corrected chi connectivity index (χ0v) is 14.0. The fourth-order valence-corrected chi connectivity index (χ4v) is 2.73. The molecule has 118 valence electrons. The van der Waals surface area contributed by atoms with Gasteiger partial charge in [0, 0.05) is 16.6 Å². The highest BCUT2D eigenvalue weighted by molar-refractivity contribution is 6.31. The molecule has 6 heteroatoms. The van der Waals surface area contributed by atoms with E-state index in [4.69, 9.17) is 11.6 Å². The monoisotopic (exact) mass is 335 g/mol. The van der Waals surface area contributed by atoms with Crippen molar-refractivity contribution in [2.75, 3.05) is 0 Å². The lowest BCUT2D eigenvalue weighted by molar-refractivity contribution is 0.884. The number of benzene rings is 1. The minimum absolute atomic E-state index is 0.632. The molecule has 0 unspecified atom stereocenters. The molecule has 0 radical (unpaired) electrons. The summed E-state index contributed by atoms with van der Waals surface area (Å²) in [6.07, 6.45) is 5.55. The van der Waals surface area contributed by atoms with E-state index in [2.05, 4.69) is 20.1 Å². The zero-order valence-electron chi connectivity index (χ0n) is 13.2. The SMILES string of the molecule is Cc1ncc(C)n2nc(/C=C/c3ccc4cc(Cl)ccc4n3)nc12. The number of hydrogen-bond acceptors (Lipinski definition) is 4. The lowest BCUT2D eigenvalue weighted by atomic mass is 10.2. The van der Waals surface area contributed by atoms with Crippen LogP contribution in [0.4, 0.5) is 0 Å². The highest BCUT2D eigenvalue weighted by Gasteiger charge is 2.06. The van der Waals surface area contributed by atoms with Crippen LogP contribution in [0.1, 0.15) is 22.9 Å². The summed E-state index contributed by atoms with van der Waals surface area (Å²) in [5, 5.41) is 6.22. The van der Waals surface area contributed by atoms with Crippen molar-refractivity contribution in [3.63, 3.8) is 0 Å². The van der Waals surface area contributed by atoms with Gasteiger partial charge in [0.05, 0.1) is 22.6 Å². The average Bonchev–Trinajstić information content (AvgIpc) is 3.02. The first-order valence-corrected chi connectivity index (χ1v) is 7.91. The van der Waals surface area contributed by atoms with Gasteiger partial charge in [0.1, 0.15) is 0 Å². The fraction of sp³-hybridized carbons (Fsp3) is 0.111. The van der Waals surface area contributed by atoms with E-state index in [0.29, 0.717) is 10.8 Å². The molecule has 0 amide bonds. The largest absolute Gasteiger partial charge is 0.256 e. The molecule has 1 aromatic carbocycles. The number of rotatable bonds is 2. The van der Waals surface area contributed by atoms with Crippen LogP contribution in [0.25, 0.3) is 28.7 Å². The maximum absolute atomic E-state index is 6.00. The van der Waals surface area contributed by atoms with Crippen LogP contribution in [0.3, 0.4) is 0 Å². The lowest BCUT2D eigenvalue weighted by Crippen LogP contribution is -1.97. The predicted octanol–water partition coefficient (Wildman–Crippen LogP) is 4.11. The first-order valence-electron chi connectivity index (χ1n) is 7.53. The maximum Gasteiger partial charge on any atom is 0.177 e. The molecule has 3 aromatic heterocycles. The van der Waals surface area contributed by atoms with E-state index >= 15 is 0 Å². The number of aromatic nitrogens is 5. The highest BCUT2D eigenvalue weighted by atomic mass is 35.5. The van der Waals surface area contributed by atoms with Crippen molar-refractivity contribution in [3.8, 4) is 0 Å². The summed E-state index contributed by atoms with van der Waals surface area (Å²) in [5.74, 6) is 0.632. The van der Waals surface area contributed by atoms with E-state index in [1.807, 2.05) is 56.3 Å². The normalized spacial score (nSPS) is 11.8. The molecule has 0 atom stereocenters. The van der Waals surface area contributed by atoms with Gasteiger partial charge < -0.3 is 0 Å². The third-order valence-electron chi connectivity index (χ3n) is 3.80. The van der Waals surface area contributed by atoms with Gasteiger partial charge in [0.2, 0.25) is 0 Å². The van der Waals surface area contributed by atoms with Crippen LogP contribution in [0.5, 0.6) is 0 Å². The molecule has 24 heavy (non-hydrogen) atoms. The summed E-state index contributed by atoms with van der Waals surface area (Å²) in [4.78, 5) is 13.4. The fourth-order valence-electron chi connectivity index (χ4n) is 2.55. The van der Waals surface area contributed by atoms with Gasteiger partial charge >= 0.3 is 0 Å². The Bertz CT molecular complexity index is 1060. The van der Waals surface area contributed by atoms with Crippen LogP contribution in [0.2, 0.25) is 5.02 Å². The molecule has 0 saturated heterocycles. The molecule has 0 aliphatic carbocycles. The molecular weight excluding hydrogens is 322 g/mol. The Labute approximate surface area is 143 Å². The topological polar surface area (TPSA) is 56.0 Å². The zero-order chi connectivity index (χ0) is 16.7. The Morgan fingerprint density at radius 1 is 1.04 bits per heavy atom. The van der Waals surface area contributed by atoms with Gasteiger partial charge in [-0.15, -0.1) is 5.10 Å². The molecule has 3 heterocycles. The summed E-state index contributed by atoms with van der Waals surface area (Å²) in [7, 11) is 0. The van der Waals surface area contributed by atoms with Gasteiger partial charge in [0.25, 0.3) is 0 Å². The Kier molecular flexibility index (Phi) is 3.50. The van der Waals surface area contributed by atoms with Gasteiger partial charge in [-0.2, -0.15) is 0 Å². The molecule has 0 spiro atoms. The second-order valence-electron chi connectivity index (χ2n) is 5.60. The van der Waals surface area contributed by atoms with Crippen molar-refractivity contribution >= 4 is 40.3 Å². The van der Waals surface area contributed by atoms with Crippen molar-refractivity contribution < 1.29 is 0 Å². The van der Waals surface area contributed by atoms with Gasteiger partial charge in [-0.3, -0.25) is 4.98 Å². The molecule has 4 rings (SSSR count). The smallest absolute Gasteiger partial charge is 0.177 e. The van der Waals surface area contributed by atoms with E-state index in [1.54, 1.807) is 10.7 Å². The average molecular weight is 336 g/mol. The van der Waals surface area contributed by atoms with E-state index in [-0.39, 0.29) is 0 Å². The molecule has 0 bridgehead atoms. The maximum atomic E-state index is 6.00. The summed E-state index contributed by atoms with van der Waals surface area (Å²) in [6.45, 7) is 3.88. The van der Waals surface area contributed by atoms with Gasteiger partial charge in [-0.25, -0.2) is 14.5 Å². The number of pyridine rings is 1. The highest BCUT2D eigenvalue weighted by Crippen LogP contribution is 2.19. The first-order chi connectivity index (χ1) is 11.6. The van der Waals surface area contributed by atoms with E-state index in [9.17, 15) is 0 Å². The van der Waals surface area contributed by atoms with E-state index < -0.39 is 0 Å². The van der Waals surface area contributed by atoms with Crippen LogP contribution in [0, 0.1) is 13.8 Å². The van der Waals surface area contributed by atoms with E-state index in [1.165, 1.54) is 0 Å². The van der Waals surface area contributed by atoms with Crippen LogP contribution in [-0.4, -0.2) is 24.6 Å². The van der Waals surface area contributed by atoms with Crippen molar-refractivity contribution in [1.29, 1.82) is 0 Å². The Morgan fingerprint density at radius 3 is 2.75 bits per heavy atom. The van der Waals surface area contributed by atoms with Crippen LogP contribution < -0.4 is 0 Å². The minimum atomic E-state index is 0.632. The van der Waals surface area contributed by atoms with Gasteiger partial charge in [-0.1, -0.05) is 17.7 Å². The van der Waals surface area contributed by atoms with Crippen LogP contribution >= 0.6 is 11.6 Å². The number of hydrogen-bond donors (Lipinski definition) is 0. The third-order valence-corrected chi connectivity index (χ3v) is 4.04. The number of nitrogens with zero attached hydrogens (tertiary/aromatic N) is 5. The summed E-state index contributed by atoms with van der Waals surface area (Å²) >= 11 is 6.00. The van der Waals surface area contributed by atoms with Crippen LogP contribution in [0.15, 0.2) is 36.5 Å². The van der Waals surface area contributed by atoms with E-state index in [0.717, 1.165) is 33.6 Å². The molecule has 0 N–H and O–H groups in total.